The van der Waals surface area contributed by atoms with Crippen molar-refractivity contribution in [2.75, 3.05) is 6.61 Å². The number of hydrogen-bond donors (Lipinski definition) is 0. The van der Waals surface area contributed by atoms with Gasteiger partial charge in [0.1, 0.15) is 23.4 Å². The summed E-state index contributed by atoms with van der Waals surface area (Å²) < 4.78 is 67.7. The monoisotopic (exact) mass is 563 g/mol. The number of hydrogen-bond acceptors (Lipinski definition) is 6. The molecule has 0 N–H and O–H groups in total. The molecule has 12 heteroatoms. The molecule has 0 spiro atoms. The Morgan fingerprint density at radius 3 is 2.23 bits per heavy atom. The predicted octanol–water partition coefficient (Wildman–Crippen LogP) is 6.41. The fourth-order valence-electron chi connectivity index (χ4n) is 3.92. The van der Waals surface area contributed by atoms with Crippen LogP contribution in [0.3, 0.4) is 0 Å². The number of aromatic nitrogens is 3. The summed E-state index contributed by atoms with van der Waals surface area (Å²) in [6.07, 6.45) is 1.36. The lowest BCUT2D eigenvalue weighted by atomic mass is 9.79. The normalized spacial score (nSPS) is 18.2. The van der Waals surface area contributed by atoms with E-state index in [-0.39, 0.29) is 22.9 Å². The molecule has 0 aliphatic carbocycles. The van der Waals surface area contributed by atoms with E-state index >= 15 is 0 Å². The van der Waals surface area contributed by atoms with Gasteiger partial charge in [0, 0.05) is 0 Å². The van der Waals surface area contributed by atoms with Gasteiger partial charge < -0.3 is 18.5 Å². The second-order valence-corrected chi connectivity index (χ2v) is 17.3. The topological polar surface area (TPSA) is 67.6 Å². The van der Waals surface area contributed by atoms with Crippen molar-refractivity contribution >= 4 is 31.9 Å². The average Bonchev–Trinajstić information content (AvgIpc) is 3.34. The Morgan fingerprint density at radius 1 is 1.05 bits per heavy atom. The quantitative estimate of drug-likeness (QED) is 0.295. The third-order valence-corrected chi connectivity index (χ3v) is 12.6. The van der Waals surface area contributed by atoms with Crippen molar-refractivity contribution in [3.63, 3.8) is 0 Å². The summed E-state index contributed by atoms with van der Waals surface area (Å²) in [7, 11) is -2.98. The number of alkyl halides is 2. The van der Waals surface area contributed by atoms with Crippen LogP contribution < -0.4 is 10.2 Å². The SMILES string of the molecule is CC1(C)OB(c2cc(OC(CO[Si](C)(C)C(C)(C)C)c3ccc(F)cn3)c3c(c2)ncn3C(F)F)OC1(C)C. The largest absolute Gasteiger partial charge is 0.495 e. The Labute approximate surface area is 229 Å². The lowest BCUT2D eigenvalue weighted by Gasteiger charge is -2.37. The fraction of sp³-hybridized carbons (Fsp3) is 0.556. The van der Waals surface area contributed by atoms with Gasteiger partial charge in [-0.25, -0.2) is 9.37 Å². The van der Waals surface area contributed by atoms with Crippen LogP contribution in [0.4, 0.5) is 13.2 Å². The lowest BCUT2D eigenvalue weighted by molar-refractivity contribution is 0.00578. The molecular weight excluding hydrogens is 526 g/mol. The number of pyridine rings is 1. The molecule has 1 unspecified atom stereocenters. The molecule has 1 atom stereocenters. The van der Waals surface area contributed by atoms with Crippen LogP contribution in [0.2, 0.25) is 18.1 Å². The average molecular weight is 564 g/mol. The number of fused-ring (bicyclic) bond motifs is 1. The standard InChI is InChI=1S/C27H37BF3N3O4Si/c1-25(2,3)39(8,9)35-15-22(19-11-10-18(29)14-32-19)36-21-13-17(28-37-26(4,5)27(6,7)38-28)12-20-23(21)34(16-33-20)24(30)31/h10-14,16,22,24H,15H2,1-9H3. The highest BCUT2D eigenvalue weighted by Gasteiger charge is 2.52. The molecule has 1 fully saturated rings. The number of rotatable bonds is 8. The van der Waals surface area contributed by atoms with Gasteiger partial charge in [-0.2, -0.15) is 8.78 Å². The minimum absolute atomic E-state index is 0.0774. The van der Waals surface area contributed by atoms with Gasteiger partial charge in [0.2, 0.25) is 0 Å². The van der Waals surface area contributed by atoms with Crippen LogP contribution in [-0.4, -0.2) is 47.8 Å². The third kappa shape index (κ3) is 5.89. The molecule has 212 valence electrons. The molecule has 0 radical (unpaired) electrons. The number of halogens is 3. The molecule has 2 aromatic heterocycles. The first-order chi connectivity index (χ1) is 17.9. The lowest BCUT2D eigenvalue weighted by Crippen LogP contribution is -2.42. The first kappa shape index (κ1) is 29.6. The molecule has 3 aromatic rings. The molecule has 1 aromatic carbocycles. The minimum Gasteiger partial charge on any atom is -0.479 e. The summed E-state index contributed by atoms with van der Waals surface area (Å²) >= 11 is 0. The van der Waals surface area contributed by atoms with E-state index in [2.05, 4.69) is 43.8 Å². The van der Waals surface area contributed by atoms with Gasteiger partial charge in [0.15, 0.2) is 14.4 Å². The molecule has 7 nitrogen and oxygen atoms in total. The number of benzene rings is 1. The maximum atomic E-state index is 14.0. The summed E-state index contributed by atoms with van der Waals surface area (Å²) in [5.74, 6) is -0.353. The van der Waals surface area contributed by atoms with E-state index in [0.717, 1.165) is 17.1 Å². The van der Waals surface area contributed by atoms with E-state index in [1.165, 1.54) is 12.1 Å². The van der Waals surface area contributed by atoms with Gasteiger partial charge in [-0.3, -0.25) is 9.55 Å². The predicted molar refractivity (Wildman–Crippen MR) is 147 cm³/mol. The van der Waals surface area contributed by atoms with E-state index in [1.54, 1.807) is 12.1 Å². The molecular formula is C27H37BF3N3O4Si. The van der Waals surface area contributed by atoms with Crippen molar-refractivity contribution in [3.05, 3.63) is 48.3 Å². The zero-order valence-corrected chi connectivity index (χ0v) is 25.0. The maximum Gasteiger partial charge on any atom is 0.495 e. The van der Waals surface area contributed by atoms with Gasteiger partial charge in [-0.15, -0.1) is 0 Å². The zero-order valence-electron chi connectivity index (χ0n) is 24.0. The Bertz CT molecular complexity index is 1310. The summed E-state index contributed by atoms with van der Waals surface area (Å²) in [6.45, 7) is 15.5. The summed E-state index contributed by atoms with van der Waals surface area (Å²) in [6, 6.07) is 6.09. The molecule has 1 saturated heterocycles. The number of ether oxygens (including phenoxy) is 1. The van der Waals surface area contributed by atoms with Crippen LogP contribution in [-0.2, 0) is 13.7 Å². The molecule has 39 heavy (non-hydrogen) atoms. The van der Waals surface area contributed by atoms with Gasteiger partial charge in [0.05, 0.1) is 35.2 Å². The van der Waals surface area contributed by atoms with E-state index in [0.29, 0.717) is 16.7 Å². The van der Waals surface area contributed by atoms with Crippen LogP contribution in [0.25, 0.3) is 11.0 Å². The highest BCUT2D eigenvalue weighted by Crippen LogP contribution is 2.39. The van der Waals surface area contributed by atoms with Gasteiger partial charge in [-0.1, -0.05) is 20.8 Å². The zero-order chi connectivity index (χ0) is 29.0. The molecule has 0 bridgehead atoms. The molecule has 4 rings (SSSR count). The van der Waals surface area contributed by atoms with Crippen LogP contribution in [0, 0.1) is 5.82 Å². The Morgan fingerprint density at radius 2 is 1.69 bits per heavy atom. The first-order valence-electron chi connectivity index (χ1n) is 13.0. The van der Waals surface area contributed by atoms with Crippen molar-refractivity contribution in [3.8, 4) is 5.75 Å². The number of imidazole rings is 1. The van der Waals surface area contributed by atoms with E-state index < -0.39 is 45.1 Å². The van der Waals surface area contributed by atoms with Gasteiger partial charge in [-0.05, 0) is 75.6 Å². The van der Waals surface area contributed by atoms with E-state index in [1.807, 2.05) is 27.7 Å². The van der Waals surface area contributed by atoms with Gasteiger partial charge >= 0.3 is 13.7 Å². The Kier molecular flexibility index (Phi) is 7.74. The summed E-state index contributed by atoms with van der Waals surface area (Å²) in [5.41, 5.74) is 0.193. The molecule has 0 amide bonds. The fourth-order valence-corrected chi connectivity index (χ4v) is 4.92. The summed E-state index contributed by atoms with van der Waals surface area (Å²) in [4.78, 5) is 8.43. The van der Waals surface area contributed by atoms with Crippen LogP contribution in [0.5, 0.6) is 5.75 Å². The minimum atomic E-state index is -2.84. The molecule has 1 aliphatic rings. The number of nitrogens with zero attached hydrogens (tertiary/aromatic N) is 3. The van der Waals surface area contributed by atoms with E-state index in [9.17, 15) is 13.2 Å². The Hall–Kier alpha value is -2.41. The first-order valence-corrected chi connectivity index (χ1v) is 15.9. The second-order valence-electron chi connectivity index (χ2n) is 12.5. The smallest absolute Gasteiger partial charge is 0.479 e. The van der Waals surface area contributed by atoms with E-state index in [4.69, 9.17) is 18.5 Å². The van der Waals surface area contributed by atoms with Crippen molar-refractivity contribution < 1.29 is 31.6 Å². The third-order valence-electron chi connectivity index (χ3n) is 8.14. The van der Waals surface area contributed by atoms with Crippen molar-refractivity contribution in [1.82, 2.24) is 14.5 Å². The highest BCUT2D eigenvalue weighted by atomic mass is 28.4. The van der Waals surface area contributed by atoms with Gasteiger partial charge in [0.25, 0.3) is 0 Å². The second kappa shape index (κ2) is 10.2. The molecule has 0 saturated carbocycles. The van der Waals surface area contributed by atoms with Crippen LogP contribution in [0.1, 0.15) is 66.8 Å². The Balaban J connectivity index is 1.78. The van der Waals surface area contributed by atoms with Crippen molar-refractivity contribution in [2.45, 2.75) is 90.5 Å². The van der Waals surface area contributed by atoms with Crippen LogP contribution in [0.15, 0.2) is 36.8 Å². The maximum absolute atomic E-state index is 14.0. The highest BCUT2D eigenvalue weighted by molar-refractivity contribution is 6.74. The molecule has 3 heterocycles. The van der Waals surface area contributed by atoms with Crippen molar-refractivity contribution in [2.24, 2.45) is 0 Å². The summed E-state index contributed by atoms with van der Waals surface area (Å²) in [5, 5.41) is -0.0774. The molecule has 1 aliphatic heterocycles. The van der Waals surface area contributed by atoms with Crippen LogP contribution >= 0.6 is 0 Å². The van der Waals surface area contributed by atoms with Crippen molar-refractivity contribution in [1.29, 1.82) is 0 Å².